The van der Waals surface area contributed by atoms with E-state index in [9.17, 15) is 9.59 Å². The van der Waals surface area contributed by atoms with Crippen molar-refractivity contribution in [2.45, 2.75) is 32.0 Å². The van der Waals surface area contributed by atoms with Crippen molar-refractivity contribution in [1.29, 1.82) is 0 Å². The van der Waals surface area contributed by atoms with Gasteiger partial charge in [-0.1, -0.05) is 45.9 Å². The lowest BCUT2D eigenvalue weighted by Gasteiger charge is -2.14. The van der Waals surface area contributed by atoms with E-state index >= 15 is 0 Å². The predicted molar refractivity (Wildman–Crippen MR) is 126 cm³/mol. The number of hydrogen-bond acceptors (Lipinski definition) is 5. The maximum atomic E-state index is 12.5. The molecular formula is C22H24BrN5O2S. The molecule has 0 saturated carbocycles. The van der Waals surface area contributed by atoms with Crippen LogP contribution in [0.5, 0.6) is 0 Å². The number of carbonyl (C=O) groups excluding carboxylic acids is 2. The van der Waals surface area contributed by atoms with Crippen LogP contribution >= 0.6 is 27.7 Å². The summed E-state index contributed by atoms with van der Waals surface area (Å²) in [5.74, 6) is 0.524. The van der Waals surface area contributed by atoms with Crippen molar-refractivity contribution in [1.82, 2.24) is 20.1 Å². The van der Waals surface area contributed by atoms with Crippen molar-refractivity contribution in [3.8, 4) is 0 Å². The van der Waals surface area contributed by atoms with Gasteiger partial charge in [-0.2, -0.15) is 0 Å². The zero-order chi connectivity index (χ0) is 22.5. The SMILES string of the molecule is Cc1cc(Br)cc(C)c1NC(=O)CSc1nnc([C@H](C)NC(=O)c2ccccc2)n1C. The van der Waals surface area contributed by atoms with Crippen molar-refractivity contribution in [3.05, 3.63) is 69.5 Å². The lowest BCUT2D eigenvalue weighted by atomic mass is 10.1. The molecule has 0 unspecified atom stereocenters. The third-order valence-corrected chi connectivity index (χ3v) is 6.21. The van der Waals surface area contributed by atoms with Crippen molar-refractivity contribution in [2.24, 2.45) is 7.05 Å². The molecule has 1 aromatic heterocycles. The Balaban J connectivity index is 1.60. The molecular weight excluding hydrogens is 478 g/mol. The lowest BCUT2D eigenvalue weighted by molar-refractivity contribution is -0.113. The first-order chi connectivity index (χ1) is 14.8. The van der Waals surface area contributed by atoms with Crippen molar-refractivity contribution in [3.63, 3.8) is 0 Å². The number of amides is 2. The molecule has 2 aromatic carbocycles. The molecule has 0 aliphatic rings. The summed E-state index contributed by atoms with van der Waals surface area (Å²) < 4.78 is 2.78. The number of rotatable bonds is 7. The summed E-state index contributed by atoms with van der Waals surface area (Å²) in [6.07, 6.45) is 0. The summed E-state index contributed by atoms with van der Waals surface area (Å²) >= 11 is 4.76. The third-order valence-electron chi connectivity index (χ3n) is 4.73. The van der Waals surface area contributed by atoms with E-state index in [0.29, 0.717) is 16.5 Å². The van der Waals surface area contributed by atoms with Crippen LogP contribution in [-0.4, -0.2) is 32.3 Å². The fraction of sp³-hybridized carbons (Fsp3) is 0.273. The first-order valence-corrected chi connectivity index (χ1v) is 11.5. The Hall–Kier alpha value is -2.65. The number of halogens is 1. The highest BCUT2D eigenvalue weighted by Gasteiger charge is 2.19. The molecule has 0 spiro atoms. The van der Waals surface area contributed by atoms with E-state index in [0.717, 1.165) is 21.3 Å². The first-order valence-electron chi connectivity index (χ1n) is 9.71. The Bertz CT molecular complexity index is 1080. The highest BCUT2D eigenvalue weighted by atomic mass is 79.9. The van der Waals surface area contributed by atoms with Crippen LogP contribution in [0.1, 0.15) is 40.3 Å². The van der Waals surface area contributed by atoms with Crippen molar-refractivity contribution < 1.29 is 9.59 Å². The highest BCUT2D eigenvalue weighted by molar-refractivity contribution is 9.10. The highest BCUT2D eigenvalue weighted by Crippen LogP contribution is 2.26. The Labute approximate surface area is 194 Å². The number of thioether (sulfide) groups is 1. The summed E-state index contributed by atoms with van der Waals surface area (Å²) in [6.45, 7) is 5.77. The maximum absolute atomic E-state index is 12.5. The molecule has 1 heterocycles. The Kier molecular flexibility index (Phi) is 7.50. The molecule has 3 rings (SSSR count). The summed E-state index contributed by atoms with van der Waals surface area (Å²) in [7, 11) is 1.82. The van der Waals surface area contributed by atoms with Crippen LogP contribution in [0.3, 0.4) is 0 Å². The zero-order valence-corrected chi connectivity index (χ0v) is 20.2. The normalized spacial score (nSPS) is 11.8. The molecule has 162 valence electrons. The number of aromatic nitrogens is 3. The van der Waals surface area contributed by atoms with E-state index in [1.165, 1.54) is 11.8 Å². The van der Waals surface area contributed by atoms with E-state index in [-0.39, 0.29) is 23.6 Å². The molecule has 0 aliphatic heterocycles. The van der Waals surface area contributed by atoms with Crippen LogP contribution in [0.2, 0.25) is 0 Å². The molecule has 0 fully saturated rings. The standard InChI is InChI=1S/C22H24BrN5O2S/c1-13-10-17(23)11-14(2)19(13)25-18(29)12-31-22-27-26-20(28(22)4)15(3)24-21(30)16-8-6-5-7-9-16/h5-11,15H,12H2,1-4H3,(H,24,30)(H,25,29)/t15-/m0/s1. The number of anilines is 1. The molecule has 9 heteroatoms. The van der Waals surface area contributed by atoms with Crippen LogP contribution < -0.4 is 10.6 Å². The van der Waals surface area contributed by atoms with Gasteiger partial charge < -0.3 is 15.2 Å². The molecule has 0 radical (unpaired) electrons. The van der Waals surface area contributed by atoms with E-state index in [1.54, 1.807) is 16.7 Å². The minimum atomic E-state index is -0.332. The number of benzene rings is 2. The summed E-state index contributed by atoms with van der Waals surface area (Å²) in [4.78, 5) is 24.9. The summed E-state index contributed by atoms with van der Waals surface area (Å²) in [5, 5.41) is 14.9. The van der Waals surface area contributed by atoms with Crippen molar-refractivity contribution in [2.75, 3.05) is 11.1 Å². The molecule has 0 bridgehead atoms. The van der Waals surface area contributed by atoms with E-state index in [1.807, 2.05) is 58.2 Å². The Morgan fingerprint density at radius 2 is 1.77 bits per heavy atom. The van der Waals surface area contributed by atoms with E-state index in [2.05, 4.69) is 36.8 Å². The van der Waals surface area contributed by atoms with E-state index < -0.39 is 0 Å². The lowest BCUT2D eigenvalue weighted by Crippen LogP contribution is -2.28. The first kappa shape index (κ1) is 23.0. The van der Waals surface area contributed by atoms with Crippen LogP contribution in [-0.2, 0) is 11.8 Å². The fourth-order valence-corrected chi connectivity index (χ4v) is 4.58. The Morgan fingerprint density at radius 1 is 1.13 bits per heavy atom. The molecule has 0 aliphatic carbocycles. The number of nitrogens with one attached hydrogen (secondary N) is 2. The molecule has 7 nitrogen and oxygen atoms in total. The maximum Gasteiger partial charge on any atom is 0.251 e. The second-order valence-corrected chi connectivity index (χ2v) is 9.07. The quantitative estimate of drug-likeness (QED) is 0.467. The van der Waals surface area contributed by atoms with Gasteiger partial charge in [-0.3, -0.25) is 9.59 Å². The van der Waals surface area contributed by atoms with Crippen LogP contribution in [0.25, 0.3) is 0 Å². The van der Waals surface area contributed by atoms with Gasteiger partial charge in [0.05, 0.1) is 11.8 Å². The van der Waals surface area contributed by atoms with Gasteiger partial charge in [0.25, 0.3) is 5.91 Å². The monoisotopic (exact) mass is 501 g/mol. The average Bonchev–Trinajstić information content (AvgIpc) is 3.10. The summed E-state index contributed by atoms with van der Waals surface area (Å²) in [5.41, 5.74) is 3.40. The second-order valence-electron chi connectivity index (χ2n) is 7.21. The average molecular weight is 502 g/mol. The molecule has 3 aromatic rings. The Morgan fingerprint density at radius 3 is 2.42 bits per heavy atom. The third kappa shape index (κ3) is 5.74. The van der Waals surface area contributed by atoms with E-state index in [4.69, 9.17) is 0 Å². The second kappa shape index (κ2) is 10.1. The molecule has 31 heavy (non-hydrogen) atoms. The van der Waals surface area contributed by atoms with Crippen molar-refractivity contribution >= 4 is 45.2 Å². The predicted octanol–water partition coefficient (Wildman–Crippen LogP) is 4.42. The van der Waals surface area contributed by atoms with Gasteiger partial charge in [0.2, 0.25) is 5.91 Å². The van der Waals surface area contributed by atoms with Crippen LogP contribution in [0.15, 0.2) is 52.1 Å². The van der Waals surface area contributed by atoms with Gasteiger partial charge in [-0.15, -0.1) is 10.2 Å². The minimum absolute atomic E-state index is 0.117. The van der Waals surface area contributed by atoms with Crippen LogP contribution in [0.4, 0.5) is 5.69 Å². The smallest absolute Gasteiger partial charge is 0.251 e. The molecule has 1 atom stereocenters. The van der Waals surface area contributed by atoms with Gasteiger partial charge in [-0.25, -0.2) is 0 Å². The number of carbonyl (C=O) groups is 2. The topological polar surface area (TPSA) is 88.9 Å². The number of nitrogens with zero attached hydrogens (tertiary/aromatic N) is 3. The largest absolute Gasteiger partial charge is 0.342 e. The zero-order valence-electron chi connectivity index (χ0n) is 17.8. The summed E-state index contributed by atoms with van der Waals surface area (Å²) in [6, 6.07) is 12.6. The van der Waals surface area contributed by atoms with Gasteiger partial charge in [0.15, 0.2) is 11.0 Å². The fourth-order valence-electron chi connectivity index (χ4n) is 3.18. The van der Waals surface area contributed by atoms with Gasteiger partial charge >= 0.3 is 0 Å². The molecule has 0 saturated heterocycles. The van der Waals surface area contributed by atoms with Gasteiger partial charge in [-0.05, 0) is 56.2 Å². The number of aryl methyl sites for hydroxylation is 2. The molecule has 2 amide bonds. The van der Waals surface area contributed by atoms with Gasteiger partial charge in [0, 0.05) is 22.8 Å². The minimum Gasteiger partial charge on any atom is -0.342 e. The van der Waals surface area contributed by atoms with Gasteiger partial charge in [0.1, 0.15) is 0 Å². The van der Waals surface area contributed by atoms with Crippen LogP contribution in [0, 0.1) is 13.8 Å². The molecule has 2 N–H and O–H groups in total. The number of hydrogen-bond donors (Lipinski definition) is 2.